The predicted molar refractivity (Wildman–Crippen MR) is 79.0 cm³/mol. The zero-order valence-electron chi connectivity index (χ0n) is 11.6. The number of rotatable bonds is 7. The van der Waals surface area contributed by atoms with Gasteiger partial charge in [-0.2, -0.15) is 20.1 Å². The molecule has 0 spiro atoms. The lowest BCUT2D eigenvalue weighted by Crippen LogP contribution is -2.13. The van der Waals surface area contributed by atoms with Crippen LogP contribution in [0.3, 0.4) is 0 Å². The smallest absolute Gasteiger partial charge is 0.228 e. The van der Waals surface area contributed by atoms with Gasteiger partial charge in [0.05, 0.1) is 0 Å². The highest BCUT2D eigenvalue weighted by atomic mass is 35.5. The molecule has 108 valence electrons. The summed E-state index contributed by atoms with van der Waals surface area (Å²) in [7, 11) is 1.92. The summed E-state index contributed by atoms with van der Waals surface area (Å²) in [6.45, 7) is 3.57. The third-order valence-corrected chi connectivity index (χ3v) is 2.90. The second kappa shape index (κ2) is 7.04. The highest BCUT2D eigenvalue weighted by molar-refractivity contribution is 6.28. The number of nitrogens with one attached hydrogen (secondary N) is 2. The summed E-state index contributed by atoms with van der Waals surface area (Å²) in [6.07, 6.45) is 3.60. The van der Waals surface area contributed by atoms with Gasteiger partial charge in [-0.1, -0.05) is 6.92 Å². The molecule has 0 atom stereocenters. The summed E-state index contributed by atoms with van der Waals surface area (Å²) < 4.78 is 1.84. The van der Waals surface area contributed by atoms with Crippen molar-refractivity contribution >= 4 is 23.5 Å². The first-order valence-electron chi connectivity index (χ1n) is 6.55. The van der Waals surface area contributed by atoms with Crippen LogP contribution in [0.4, 0.5) is 11.9 Å². The molecule has 2 rings (SSSR count). The number of halogens is 1. The summed E-state index contributed by atoms with van der Waals surface area (Å²) in [5, 5.41) is 10.5. The quantitative estimate of drug-likeness (QED) is 0.810. The van der Waals surface area contributed by atoms with E-state index in [0.29, 0.717) is 18.4 Å². The van der Waals surface area contributed by atoms with Crippen LogP contribution in [-0.4, -0.2) is 37.8 Å². The van der Waals surface area contributed by atoms with E-state index in [-0.39, 0.29) is 5.28 Å². The molecule has 2 aromatic rings. The van der Waals surface area contributed by atoms with Crippen molar-refractivity contribution in [3.8, 4) is 0 Å². The highest BCUT2D eigenvalue weighted by Gasteiger charge is 2.05. The third-order valence-electron chi connectivity index (χ3n) is 2.73. The number of aromatic nitrogens is 5. The fourth-order valence-electron chi connectivity index (χ4n) is 1.69. The van der Waals surface area contributed by atoms with E-state index in [4.69, 9.17) is 11.6 Å². The SMILES string of the molecule is CCCNc1nc(Cl)nc(NCCc2ccnn2C)n1. The number of nitrogens with zero attached hydrogens (tertiary/aromatic N) is 5. The molecule has 7 nitrogen and oxygen atoms in total. The topological polar surface area (TPSA) is 80.5 Å². The number of aryl methyl sites for hydroxylation is 1. The lowest BCUT2D eigenvalue weighted by Gasteiger charge is -2.08. The van der Waals surface area contributed by atoms with Crippen LogP contribution in [0.1, 0.15) is 19.0 Å². The van der Waals surface area contributed by atoms with Gasteiger partial charge >= 0.3 is 0 Å². The van der Waals surface area contributed by atoms with E-state index in [1.54, 1.807) is 6.20 Å². The molecule has 0 radical (unpaired) electrons. The van der Waals surface area contributed by atoms with Gasteiger partial charge in [0, 0.05) is 38.4 Å². The molecule has 2 heterocycles. The Bertz CT molecular complexity index is 554. The largest absolute Gasteiger partial charge is 0.354 e. The molecule has 0 fully saturated rings. The summed E-state index contributed by atoms with van der Waals surface area (Å²) in [5.41, 5.74) is 1.14. The number of hydrogen-bond acceptors (Lipinski definition) is 6. The average molecular weight is 296 g/mol. The Hall–Kier alpha value is -1.89. The zero-order chi connectivity index (χ0) is 14.4. The van der Waals surface area contributed by atoms with Gasteiger partial charge in [-0.05, 0) is 24.1 Å². The molecule has 0 bridgehead atoms. The second-order valence-corrected chi connectivity index (χ2v) is 4.64. The van der Waals surface area contributed by atoms with Crippen molar-refractivity contribution in [2.45, 2.75) is 19.8 Å². The lowest BCUT2D eigenvalue weighted by atomic mass is 10.3. The van der Waals surface area contributed by atoms with Crippen molar-refractivity contribution in [1.29, 1.82) is 0 Å². The molecule has 0 amide bonds. The minimum Gasteiger partial charge on any atom is -0.354 e. The van der Waals surface area contributed by atoms with Gasteiger partial charge in [-0.3, -0.25) is 4.68 Å². The molecular formula is C12H18ClN7. The van der Waals surface area contributed by atoms with E-state index in [2.05, 4.69) is 37.6 Å². The van der Waals surface area contributed by atoms with Crippen LogP contribution in [0.2, 0.25) is 5.28 Å². The predicted octanol–water partition coefficient (Wildman–Crippen LogP) is 1.73. The Labute approximate surface area is 122 Å². The number of anilines is 2. The van der Waals surface area contributed by atoms with Gasteiger partial charge in [0.25, 0.3) is 0 Å². The molecule has 2 aromatic heterocycles. The highest BCUT2D eigenvalue weighted by Crippen LogP contribution is 2.09. The molecule has 2 N–H and O–H groups in total. The minimum atomic E-state index is 0.182. The average Bonchev–Trinajstić information content (AvgIpc) is 2.82. The van der Waals surface area contributed by atoms with Gasteiger partial charge in [0.2, 0.25) is 17.2 Å². The Morgan fingerprint density at radius 2 is 1.85 bits per heavy atom. The summed E-state index contributed by atoms with van der Waals surface area (Å²) in [5.74, 6) is 0.973. The van der Waals surface area contributed by atoms with Crippen LogP contribution in [-0.2, 0) is 13.5 Å². The van der Waals surface area contributed by atoms with Gasteiger partial charge in [0.1, 0.15) is 0 Å². The monoisotopic (exact) mass is 295 g/mol. The maximum atomic E-state index is 5.88. The van der Waals surface area contributed by atoms with Gasteiger partial charge in [0.15, 0.2) is 0 Å². The first kappa shape index (κ1) is 14.5. The Morgan fingerprint density at radius 1 is 1.15 bits per heavy atom. The number of hydrogen-bond donors (Lipinski definition) is 2. The van der Waals surface area contributed by atoms with Crippen LogP contribution in [0.5, 0.6) is 0 Å². The van der Waals surface area contributed by atoms with E-state index in [0.717, 1.165) is 25.1 Å². The Balaban J connectivity index is 1.91. The van der Waals surface area contributed by atoms with Crippen molar-refractivity contribution in [3.05, 3.63) is 23.2 Å². The molecule has 20 heavy (non-hydrogen) atoms. The molecule has 0 saturated heterocycles. The summed E-state index contributed by atoms with van der Waals surface area (Å²) in [4.78, 5) is 12.3. The maximum Gasteiger partial charge on any atom is 0.228 e. The van der Waals surface area contributed by atoms with Crippen molar-refractivity contribution in [2.75, 3.05) is 23.7 Å². The fraction of sp³-hybridized carbons (Fsp3) is 0.500. The molecule has 0 aromatic carbocycles. The van der Waals surface area contributed by atoms with E-state index in [1.807, 2.05) is 17.8 Å². The first-order valence-corrected chi connectivity index (χ1v) is 6.93. The minimum absolute atomic E-state index is 0.182. The summed E-state index contributed by atoms with van der Waals surface area (Å²) in [6, 6.07) is 1.98. The maximum absolute atomic E-state index is 5.88. The lowest BCUT2D eigenvalue weighted by molar-refractivity contribution is 0.710. The molecule has 0 saturated carbocycles. The van der Waals surface area contributed by atoms with E-state index in [9.17, 15) is 0 Å². The van der Waals surface area contributed by atoms with E-state index >= 15 is 0 Å². The van der Waals surface area contributed by atoms with Crippen LogP contribution in [0, 0.1) is 0 Å². The Morgan fingerprint density at radius 3 is 2.45 bits per heavy atom. The van der Waals surface area contributed by atoms with Gasteiger partial charge in [-0.25, -0.2) is 0 Å². The van der Waals surface area contributed by atoms with Gasteiger partial charge < -0.3 is 10.6 Å². The molecule has 0 aliphatic heterocycles. The van der Waals surface area contributed by atoms with Crippen LogP contribution in [0.15, 0.2) is 12.3 Å². The third kappa shape index (κ3) is 4.06. The normalized spacial score (nSPS) is 10.6. The molecule has 8 heteroatoms. The van der Waals surface area contributed by atoms with Gasteiger partial charge in [-0.15, -0.1) is 0 Å². The van der Waals surface area contributed by atoms with Crippen molar-refractivity contribution < 1.29 is 0 Å². The molecule has 0 aliphatic carbocycles. The summed E-state index contributed by atoms with van der Waals surface area (Å²) >= 11 is 5.88. The standard InChI is InChI=1S/C12H18ClN7/c1-3-6-14-11-17-10(13)18-12(19-11)15-7-4-9-5-8-16-20(9)2/h5,8H,3-4,6-7H2,1-2H3,(H2,14,15,17,18,19). The van der Waals surface area contributed by atoms with Crippen molar-refractivity contribution in [2.24, 2.45) is 7.05 Å². The molecular weight excluding hydrogens is 278 g/mol. The van der Waals surface area contributed by atoms with Crippen LogP contribution >= 0.6 is 11.6 Å². The van der Waals surface area contributed by atoms with Crippen LogP contribution in [0.25, 0.3) is 0 Å². The van der Waals surface area contributed by atoms with Crippen molar-refractivity contribution in [3.63, 3.8) is 0 Å². The van der Waals surface area contributed by atoms with E-state index < -0.39 is 0 Å². The van der Waals surface area contributed by atoms with E-state index in [1.165, 1.54) is 0 Å². The first-order chi connectivity index (χ1) is 9.69. The second-order valence-electron chi connectivity index (χ2n) is 4.30. The fourth-order valence-corrected chi connectivity index (χ4v) is 1.85. The molecule has 0 aliphatic rings. The molecule has 0 unspecified atom stereocenters. The van der Waals surface area contributed by atoms with Crippen molar-refractivity contribution in [1.82, 2.24) is 24.7 Å². The van der Waals surface area contributed by atoms with Crippen LogP contribution < -0.4 is 10.6 Å². The zero-order valence-corrected chi connectivity index (χ0v) is 12.4. The Kier molecular flexibility index (Phi) is 5.11.